The van der Waals surface area contributed by atoms with Gasteiger partial charge in [0, 0.05) is 31.9 Å². The number of aryl methyl sites for hydroxylation is 2. The quantitative estimate of drug-likeness (QED) is 0.799. The molecule has 1 amide bonds. The number of nitrogens with one attached hydrogen (secondary N) is 2. The van der Waals surface area contributed by atoms with Gasteiger partial charge in [-0.3, -0.25) is 9.48 Å². The summed E-state index contributed by atoms with van der Waals surface area (Å²) >= 11 is 0. The highest BCUT2D eigenvalue weighted by molar-refractivity contribution is 5.91. The Labute approximate surface area is 149 Å². The molecule has 0 unspecified atom stereocenters. The van der Waals surface area contributed by atoms with Crippen LogP contribution in [0.4, 0.5) is 5.69 Å². The van der Waals surface area contributed by atoms with E-state index in [1.54, 1.807) is 10.9 Å². The monoisotopic (exact) mass is 358 g/mol. The van der Waals surface area contributed by atoms with Crippen molar-refractivity contribution in [2.45, 2.75) is 26.3 Å². The van der Waals surface area contributed by atoms with E-state index in [1.165, 1.54) is 0 Å². The molecule has 1 aromatic carbocycles. The fourth-order valence-electron chi connectivity index (χ4n) is 2.13. The standard InChI is InChI=1S/C16H22N4O.2ClH/c1-3-17-11-14-6-4-5-7-15(14)19-16(21)9-8-13-10-18-20(2)12-13;;/h4-7,10,12,17H,3,8-9,11H2,1-2H3,(H,19,21);2*1H. The largest absolute Gasteiger partial charge is 0.326 e. The molecule has 0 bridgehead atoms. The highest BCUT2D eigenvalue weighted by atomic mass is 35.5. The molecule has 0 atom stereocenters. The van der Waals surface area contributed by atoms with Gasteiger partial charge in [-0.15, -0.1) is 24.8 Å². The number of benzene rings is 1. The van der Waals surface area contributed by atoms with E-state index in [1.807, 2.05) is 37.5 Å². The number of carbonyl (C=O) groups excluding carboxylic acids is 1. The van der Waals surface area contributed by atoms with Gasteiger partial charge >= 0.3 is 0 Å². The van der Waals surface area contributed by atoms with Crippen LogP contribution in [0.3, 0.4) is 0 Å². The molecule has 2 N–H and O–H groups in total. The predicted octanol–water partition coefficient (Wildman–Crippen LogP) is 2.94. The first-order chi connectivity index (χ1) is 10.2. The summed E-state index contributed by atoms with van der Waals surface area (Å²) in [6, 6.07) is 7.89. The number of anilines is 1. The van der Waals surface area contributed by atoms with Gasteiger partial charge in [-0.25, -0.2) is 0 Å². The Balaban J connectivity index is 0.00000242. The normalized spacial score (nSPS) is 9.65. The average Bonchev–Trinajstić information content (AvgIpc) is 2.90. The number of hydrogen-bond acceptors (Lipinski definition) is 3. The van der Waals surface area contributed by atoms with Crippen LogP contribution in [0.2, 0.25) is 0 Å². The molecular formula is C16H24Cl2N4O. The van der Waals surface area contributed by atoms with Crippen molar-refractivity contribution in [1.82, 2.24) is 15.1 Å². The van der Waals surface area contributed by atoms with Gasteiger partial charge in [0.25, 0.3) is 0 Å². The van der Waals surface area contributed by atoms with Crippen molar-refractivity contribution in [2.24, 2.45) is 7.05 Å². The Kier molecular flexibility index (Phi) is 10.3. The van der Waals surface area contributed by atoms with Crippen LogP contribution >= 0.6 is 24.8 Å². The lowest BCUT2D eigenvalue weighted by molar-refractivity contribution is -0.116. The number of aromatic nitrogens is 2. The van der Waals surface area contributed by atoms with E-state index in [-0.39, 0.29) is 30.7 Å². The maximum Gasteiger partial charge on any atom is 0.224 e. The minimum atomic E-state index is 0. The first-order valence-corrected chi connectivity index (χ1v) is 7.25. The molecule has 5 nitrogen and oxygen atoms in total. The van der Waals surface area contributed by atoms with E-state index < -0.39 is 0 Å². The summed E-state index contributed by atoms with van der Waals surface area (Å²) in [4.78, 5) is 12.1. The van der Waals surface area contributed by atoms with Crippen molar-refractivity contribution in [1.29, 1.82) is 0 Å². The van der Waals surface area contributed by atoms with Crippen LogP contribution in [-0.2, 0) is 24.8 Å². The lowest BCUT2D eigenvalue weighted by atomic mass is 10.1. The predicted molar refractivity (Wildman–Crippen MR) is 98.5 cm³/mol. The van der Waals surface area contributed by atoms with E-state index in [4.69, 9.17) is 0 Å². The van der Waals surface area contributed by atoms with E-state index in [9.17, 15) is 4.79 Å². The minimum Gasteiger partial charge on any atom is -0.326 e. The molecular weight excluding hydrogens is 335 g/mol. The first kappa shape index (κ1) is 21.4. The molecule has 0 radical (unpaired) electrons. The second kappa shape index (κ2) is 11.0. The summed E-state index contributed by atoms with van der Waals surface area (Å²) in [5.74, 6) is 0.0304. The summed E-state index contributed by atoms with van der Waals surface area (Å²) in [6.45, 7) is 3.73. The summed E-state index contributed by atoms with van der Waals surface area (Å²) in [5.41, 5.74) is 3.07. The third-order valence-electron chi connectivity index (χ3n) is 3.26. The third kappa shape index (κ3) is 7.03. The molecule has 2 rings (SSSR count). The number of amides is 1. The summed E-state index contributed by atoms with van der Waals surface area (Å²) in [6.07, 6.45) is 4.90. The number of hydrogen-bond donors (Lipinski definition) is 2. The molecule has 0 saturated heterocycles. The molecule has 2 aromatic rings. The van der Waals surface area contributed by atoms with E-state index in [0.717, 1.165) is 29.9 Å². The van der Waals surface area contributed by atoms with Crippen molar-refractivity contribution >= 4 is 36.4 Å². The second-order valence-corrected chi connectivity index (χ2v) is 5.01. The number of rotatable bonds is 7. The number of halogens is 2. The third-order valence-corrected chi connectivity index (χ3v) is 3.26. The summed E-state index contributed by atoms with van der Waals surface area (Å²) < 4.78 is 1.75. The fourth-order valence-corrected chi connectivity index (χ4v) is 2.13. The van der Waals surface area contributed by atoms with Crippen LogP contribution in [0.25, 0.3) is 0 Å². The highest BCUT2D eigenvalue weighted by Gasteiger charge is 2.07. The Morgan fingerprint density at radius 1 is 1.26 bits per heavy atom. The van der Waals surface area contributed by atoms with Crippen molar-refractivity contribution in [3.05, 3.63) is 47.8 Å². The number of nitrogens with zero attached hydrogens (tertiary/aromatic N) is 2. The molecule has 1 heterocycles. The van der Waals surface area contributed by atoms with Gasteiger partial charge < -0.3 is 10.6 Å². The van der Waals surface area contributed by atoms with Gasteiger partial charge in [0.1, 0.15) is 0 Å². The van der Waals surface area contributed by atoms with Crippen LogP contribution in [0.1, 0.15) is 24.5 Å². The second-order valence-electron chi connectivity index (χ2n) is 5.01. The van der Waals surface area contributed by atoms with Crippen molar-refractivity contribution in [3.63, 3.8) is 0 Å². The molecule has 23 heavy (non-hydrogen) atoms. The van der Waals surface area contributed by atoms with Crippen LogP contribution in [0.15, 0.2) is 36.7 Å². The first-order valence-electron chi connectivity index (χ1n) is 7.25. The van der Waals surface area contributed by atoms with E-state index in [2.05, 4.69) is 22.7 Å². The molecule has 1 aromatic heterocycles. The van der Waals surface area contributed by atoms with E-state index in [0.29, 0.717) is 12.8 Å². The maximum atomic E-state index is 12.1. The Morgan fingerprint density at radius 3 is 2.65 bits per heavy atom. The van der Waals surface area contributed by atoms with Gasteiger partial charge in [0.05, 0.1) is 6.20 Å². The topological polar surface area (TPSA) is 58.9 Å². The molecule has 0 aliphatic rings. The Hall–Kier alpha value is -1.56. The van der Waals surface area contributed by atoms with Crippen molar-refractivity contribution < 1.29 is 4.79 Å². The Bertz CT molecular complexity index is 601. The fraction of sp³-hybridized carbons (Fsp3) is 0.375. The van der Waals surface area contributed by atoms with Gasteiger partial charge in [-0.2, -0.15) is 5.10 Å². The van der Waals surface area contributed by atoms with Gasteiger partial charge in [0.15, 0.2) is 0 Å². The summed E-state index contributed by atoms with van der Waals surface area (Å²) in [7, 11) is 1.88. The van der Waals surface area contributed by atoms with Crippen LogP contribution in [-0.4, -0.2) is 22.2 Å². The molecule has 0 saturated carbocycles. The highest BCUT2D eigenvalue weighted by Crippen LogP contribution is 2.15. The summed E-state index contributed by atoms with van der Waals surface area (Å²) in [5, 5.41) is 10.4. The Morgan fingerprint density at radius 2 is 2.00 bits per heavy atom. The minimum absolute atomic E-state index is 0. The smallest absolute Gasteiger partial charge is 0.224 e. The molecule has 128 valence electrons. The van der Waals surface area contributed by atoms with Crippen molar-refractivity contribution in [2.75, 3.05) is 11.9 Å². The lowest BCUT2D eigenvalue weighted by Crippen LogP contribution is -2.17. The zero-order valence-electron chi connectivity index (χ0n) is 13.4. The van der Waals surface area contributed by atoms with Gasteiger partial charge in [0.2, 0.25) is 5.91 Å². The molecule has 0 fully saturated rings. The molecule has 0 aliphatic carbocycles. The molecule has 0 aliphatic heterocycles. The number of carbonyl (C=O) groups is 1. The number of para-hydroxylation sites is 1. The molecule has 7 heteroatoms. The van der Waals surface area contributed by atoms with Crippen LogP contribution < -0.4 is 10.6 Å². The van der Waals surface area contributed by atoms with Gasteiger partial charge in [-0.1, -0.05) is 25.1 Å². The maximum absolute atomic E-state index is 12.1. The average molecular weight is 359 g/mol. The zero-order chi connectivity index (χ0) is 15.1. The van der Waals surface area contributed by atoms with Crippen molar-refractivity contribution in [3.8, 4) is 0 Å². The zero-order valence-corrected chi connectivity index (χ0v) is 15.0. The van der Waals surface area contributed by atoms with Gasteiger partial charge in [-0.05, 0) is 30.2 Å². The van der Waals surface area contributed by atoms with Crippen LogP contribution in [0.5, 0.6) is 0 Å². The van der Waals surface area contributed by atoms with E-state index >= 15 is 0 Å². The SMILES string of the molecule is CCNCc1ccccc1NC(=O)CCc1cnn(C)c1.Cl.Cl. The van der Waals surface area contributed by atoms with Crippen LogP contribution in [0, 0.1) is 0 Å². The molecule has 0 spiro atoms. The lowest BCUT2D eigenvalue weighted by Gasteiger charge is -2.11.